The van der Waals surface area contributed by atoms with Crippen molar-refractivity contribution in [3.05, 3.63) is 45.7 Å². The molecule has 1 unspecified atom stereocenters. The second kappa shape index (κ2) is 3.81. The summed E-state index contributed by atoms with van der Waals surface area (Å²) < 4.78 is 11.2. The Morgan fingerprint density at radius 2 is 2.14 bits per heavy atom. The molecule has 74 valence electrons. The average Bonchev–Trinajstić information content (AvgIpc) is 2.73. The van der Waals surface area contributed by atoms with Crippen LogP contribution in [-0.2, 0) is 0 Å². The fourth-order valence-corrected chi connectivity index (χ4v) is 1.75. The van der Waals surface area contributed by atoms with Gasteiger partial charge in [-0.15, -0.1) is 0 Å². The Kier molecular flexibility index (Phi) is 2.67. The molecule has 5 heteroatoms. The molecule has 0 radical (unpaired) electrons. The SMILES string of the molecule is NC(c1ccc(Cl)o1)c1occc1Br. The lowest BCUT2D eigenvalue weighted by molar-refractivity contribution is 0.431. The number of hydrogen-bond acceptors (Lipinski definition) is 3. The van der Waals surface area contributed by atoms with Gasteiger partial charge in [-0.1, -0.05) is 0 Å². The Labute approximate surface area is 94.0 Å². The molecule has 0 aliphatic rings. The fraction of sp³-hybridized carbons (Fsp3) is 0.111. The third-order valence-electron chi connectivity index (χ3n) is 1.83. The van der Waals surface area contributed by atoms with E-state index in [-0.39, 0.29) is 0 Å². The van der Waals surface area contributed by atoms with Crippen LogP contribution in [-0.4, -0.2) is 0 Å². The number of halogens is 2. The van der Waals surface area contributed by atoms with Gasteiger partial charge < -0.3 is 14.6 Å². The van der Waals surface area contributed by atoms with Crippen molar-refractivity contribution in [1.29, 1.82) is 0 Å². The molecule has 2 aromatic rings. The zero-order chi connectivity index (χ0) is 10.1. The maximum atomic E-state index is 5.90. The monoisotopic (exact) mass is 275 g/mol. The highest BCUT2D eigenvalue weighted by atomic mass is 79.9. The molecular formula is C9H7BrClNO2. The van der Waals surface area contributed by atoms with Gasteiger partial charge in [-0.25, -0.2) is 0 Å². The maximum absolute atomic E-state index is 5.90. The number of rotatable bonds is 2. The summed E-state index contributed by atoms with van der Waals surface area (Å²) in [4.78, 5) is 0. The molecule has 0 fully saturated rings. The van der Waals surface area contributed by atoms with E-state index in [1.165, 1.54) is 0 Å². The van der Waals surface area contributed by atoms with Gasteiger partial charge in [0.1, 0.15) is 17.6 Å². The molecular weight excluding hydrogens is 269 g/mol. The van der Waals surface area contributed by atoms with E-state index in [9.17, 15) is 0 Å². The highest BCUT2D eigenvalue weighted by Gasteiger charge is 2.18. The Morgan fingerprint density at radius 3 is 2.64 bits per heavy atom. The van der Waals surface area contributed by atoms with Gasteiger partial charge in [0, 0.05) is 0 Å². The van der Waals surface area contributed by atoms with Gasteiger partial charge >= 0.3 is 0 Å². The molecule has 3 nitrogen and oxygen atoms in total. The number of furan rings is 2. The molecule has 2 rings (SSSR count). The van der Waals surface area contributed by atoms with Crippen LogP contribution < -0.4 is 5.73 Å². The van der Waals surface area contributed by atoms with Crippen LogP contribution in [0.2, 0.25) is 5.22 Å². The largest absolute Gasteiger partial charge is 0.466 e. The van der Waals surface area contributed by atoms with Crippen LogP contribution in [0.25, 0.3) is 0 Å². The summed E-state index contributed by atoms with van der Waals surface area (Å²) in [6, 6.07) is 4.71. The normalized spacial score (nSPS) is 13.1. The summed E-state index contributed by atoms with van der Waals surface area (Å²) in [6.07, 6.45) is 1.56. The fourth-order valence-electron chi connectivity index (χ4n) is 1.15. The Morgan fingerprint density at radius 1 is 1.36 bits per heavy atom. The standard InChI is InChI=1S/C9H7BrClNO2/c10-5-3-4-13-9(5)8(12)6-1-2-7(11)14-6/h1-4,8H,12H2. The highest BCUT2D eigenvalue weighted by Crippen LogP contribution is 2.29. The number of hydrogen-bond donors (Lipinski definition) is 1. The summed E-state index contributed by atoms with van der Waals surface area (Å²) in [6.45, 7) is 0. The lowest BCUT2D eigenvalue weighted by Crippen LogP contribution is -2.10. The van der Waals surface area contributed by atoms with Crippen LogP contribution in [0.15, 0.2) is 37.8 Å². The Balaban J connectivity index is 2.33. The first-order chi connectivity index (χ1) is 6.68. The van der Waals surface area contributed by atoms with Crippen LogP contribution in [0, 0.1) is 0 Å². The molecule has 2 heterocycles. The second-order valence-corrected chi connectivity index (χ2v) is 3.98. The van der Waals surface area contributed by atoms with E-state index in [0.29, 0.717) is 16.7 Å². The van der Waals surface area contributed by atoms with Crippen LogP contribution >= 0.6 is 27.5 Å². The predicted molar refractivity (Wildman–Crippen MR) is 56.2 cm³/mol. The van der Waals surface area contributed by atoms with Crippen molar-refractivity contribution >= 4 is 27.5 Å². The van der Waals surface area contributed by atoms with Crippen molar-refractivity contribution in [2.45, 2.75) is 6.04 Å². The zero-order valence-electron chi connectivity index (χ0n) is 7.04. The third-order valence-corrected chi connectivity index (χ3v) is 2.69. The molecule has 2 N–H and O–H groups in total. The van der Waals surface area contributed by atoms with Gasteiger partial charge in [0.2, 0.25) is 0 Å². The van der Waals surface area contributed by atoms with E-state index >= 15 is 0 Å². The molecule has 0 aliphatic carbocycles. The molecule has 0 aromatic carbocycles. The minimum absolute atomic E-state index is 0.318. The summed E-state index contributed by atoms with van der Waals surface area (Å²) in [5.74, 6) is 1.20. The maximum Gasteiger partial charge on any atom is 0.193 e. The summed E-state index contributed by atoms with van der Waals surface area (Å²) in [5, 5.41) is 0.318. The van der Waals surface area contributed by atoms with E-state index in [0.717, 1.165) is 4.47 Å². The van der Waals surface area contributed by atoms with Gasteiger partial charge in [-0.2, -0.15) is 0 Å². The van der Waals surface area contributed by atoms with E-state index in [1.807, 2.05) is 0 Å². The van der Waals surface area contributed by atoms with Crippen molar-refractivity contribution in [2.75, 3.05) is 0 Å². The molecule has 0 saturated heterocycles. The van der Waals surface area contributed by atoms with Gasteiger partial charge in [-0.05, 0) is 45.7 Å². The molecule has 0 amide bonds. The predicted octanol–water partition coefficient (Wildman–Crippen LogP) is 3.34. The van der Waals surface area contributed by atoms with Crippen LogP contribution in [0.5, 0.6) is 0 Å². The molecule has 0 bridgehead atoms. The van der Waals surface area contributed by atoms with Crippen molar-refractivity contribution in [3.8, 4) is 0 Å². The minimum atomic E-state index is -0.438. The molecule has 14 heavy (non-hydrogen) atoms. The van der Waals surface area contributed by atoms with E-state index in [2.05, 4.69) is 15.9 Å². The summed E-state index contributed by atoms with van der Waals surface area (Å²) in [7, 11) is 0. The Hall–Kier alpha value is -0.710. The molecule has 1 atom stereocenters. The molecule has 2 aromatic heterocycles. The molecule has 0 saturated carbocycles. The zero-order valence-corrected chi connectivity index (χ0v) is 9.38. The highest BCUT2D eigenvalue weighted by molar-refractivity contribution is 9.10. The Bertz CT molecular complexity index is 437. The van der Waals surface area contributed by atoms with Gasteiger partial charge in [0.05, 0.1) is 10.7 Å². The van der Waals surface area contributed by atoms with Crippen LogP contribution in [0.3, 0.4) is 0 Å². The summed E-state index contributed by atoms with van der Waals surface area (Å²) in [5.41, 5.74) is 5.90. The number of nitrogens with two attached hydrogens (primary N) is 1. The molecule has 0 spiro atoms. The lowest BCUT2D eigenvalue weighted by atomic mass is 10.2. The van der Waals surface area contributed by atoms with Gasteiger partial charge in [0.25, 0.3) is 0 Å². The van der Waals surface area contributed by atoms with E-state index in [4.69, 9.17) is 26.2 Å². The van der Waals surface area contributed by atoms with Crippen LogP contribution in [0.4, 0.5) is 0 Å². The minimum Gasteiger partial charge on any atom is -0.466 e. The quantitative estimate of drug-likeness (QED) is 0.915. The van der Waals surface area contributed by atoms with E-state index < -0.39 is 6.04 Å². The molecule has 0 aliphatic heterocycles. The topological polar surface area (TPSA) is 52.3 Å². The second-order valence-electron chi connectivity index (χ2n) is 2.75. The third kappa shape index (κ3) is 1.73. The van der Waals surface area contributed by atoms with Gasteiger partial charge in [0.15, 0.2) is 5.22 Å². The van der Waals surface area contributed by atoms with E-state index in [1.54, 1.807) is 24.5 Å². The van der Waals surface area contributed by atoms with Crippen molar-refractivity contribution in [2.24, 2.45) is 5.73 Å². The van der Waals surface area contributed by atoms with Crippen molar-refractivity contribution in [3.63, 3.8) is 0 Å². The first-order valence-electron chi connectivity index (χ1n) is 3.92. The van der Waals surface area contributed by atoms with Crippen molar-refractivity contribution < 1.29 is 8.83 Å². The first-order valence-corrected chi connectivity index (χ1v) is 5.09. The van der Waals surface area contributed by atoms with Crippen LogP contribution in [0.1, 0.15) is 17.6 Å². The average molecular weight is 277 g/mol. The van der Waals surface area contributed by atoms with Crippen molar-refractivity contribution in [1.82, 2.24) is 0 Å². The summed E-state index contributed by atoms with van der Waals surface area (Å²) >= 11 is 8.96. The lowest BCUT2D eigenvalue weighted by Gasteiger charge is -2.05. The van der Waals surface area contributed by atoms with Gasteiger partial charge in [-0.3, -0.25) is 0 Å². The smallest absolute Gasteiger partial charge is 0.193 e. The first kappa shape index (κ1) is 9.83.